The molecule has 2 bridgehead atoms. The van der Waals surface area contributed by atoms with E-state index in [4.69, 9.17) is 0 Å². The molecule has 0 radical (unpaired) electrons. The Balaban J connectivity index is 1.77. The van der Waals surface area contributed by atoms with Crippen LogP contribution in [-0.2, 0) is 9.59 Å². The van der Waals surface area contributed by atoms with E-state index in [0.29, 0.717) is 24.9 Å². The van der Waals surface area contributed by atoms with Crippen LogP contribution in [0.3, 0.4) is 0 Å². The molecular weight excluding hydrogens is 192 g/mol. The van der Waals surface area contributed by atoms with E-state index in [0.717, 1.165) is 6.54 Å². The Bertz CT molecular complexity index is 308. The third-order valence-corrected chi connectivity index (χ3v) is 4.10. The van der Waals surface area contributed by atoms with Crippen LogP contribution in [-0.4, -0.2) is 53.7 Å². The highest BCUT2D eigenvalue weighted by Crippen LogP contribution is 2.32. The molecule has 1 amide bonds. The van der Waals surface area contributed by atoms with Crippen molar-refractivity contribution in [3.05, 3.63) is 0 Å². The van der Waals surface area contributed by atoms with Crippen LogP contribution in [0, 0.1) is 5.92 Å². The maximum atomic E-state index is 11.6. The zero-order valence-electron chi connectivity index (χ0n) is 8.82. The van der Waals surface area contributed by atoms with Crippen LogP contribution in [0.5, 0.6) is 0 Å². The molecule has 4 saturated heterocycles. The topological polar surface area (TPSA) is 40.6 Å². The first kappa shape index (κ1) is 9.33. The summed E-state index contributed by atoms with van der Waals surface area (Å²) in [6.45, 7) is 4.00. The minimum absolute atomic E-state index is 0.188. The van der Waals surface area contributed by atoms with E-state index in [-0.39, 0.29) is 11.7 Å². The summed E-state index contributed by atoms with van der Waals surface area (Å²) >= 11 is 0. The van der Waals surface area contributed by atoms with Gasteiger partial charge in [-0.05, 0) is 31.8 Å². The molecule has 1 atom stereocenters. The highest BCUT2D eigenvalue weighted by atomic mass is 16.2. The van der Waals surface area contributed by atoms with Crippen LogP contribution in [0.25, 0.3) is 0 Å². The van der Waals surface area contributed by atoms with Crippen LogP contribution >= 0.6 is 0 Å². The minimum atomic E-state index is -0.228. The van der Waals surface area contributed by atoms with E-state index in [1.54, 1.807) is 0 Å². The number of nitrogens with zero attached hydrogens (tertiary/aromatic N) is 2. The zero-order chi connectivity index (χ0) is 10.4. The number of carbonyl (C=O) groups excluding carboxylic acids is 2. The van der Waals surface area contributed by atoms with Crippen molar-refractivity contribution in [2.45, 2.75) is 25.3 Å². The van der Waals surface area contributed by atoms with Crippen LogP contribution in [0.15, 0.2) is 0 Å². The second-order valence-corrected chi connectivity index (χ2v) is 4.88. The standard InChI is InChI=1S/C11H16N2O2/c14-10-3-6-13(11(10)15)9-7-12-4-1-8(9)2-5-12/h8-9H,1-7H2. The Labute approximate surface area is 89.2 Å². The van der Waals surface area contributed by atoms with Crippen LogP contribution in [0.1, 0.15) is 19.3 Å². The fraction of sp³-hybridized carbons (Fsp3) is 0.818. The van der Waals surface area contributed by atoms with Gasteiger partial charge in [0, 0.05) is 25.6 Å². The molecule has 0 N–H and O–H groups in total. The zero-order valence-corrected chi connectivity index (χ0v) is 8.82. The van der Waals surface area contributed by atoms with Crippen molar-refractivity contribution in [3.8, 4) is 0 Å². The first-order valence-electron chi connectivity index (χ1n) is 5.82. The van der Waals surface area contributed by atoms with Gasteiger partial charge in [-0.3, -0.25) is 9.59 Å². The second kappa shape index (κ2) is 3.30. The summed E-state index contributed by atoms with van der Waals surface area (Å²) in [5.41, 5.74) is 0. The summed E-state index contributed by atoms with van der Waals surface area (Å²) in [6.07, 6.45) is 2.83. The third kappa shape index (κ3) is 1.39. The molecule has 0 saturated carbocycles. The third-order valence-electron chi connectivity index (χ3n) is 4.10. The quantitative estimate of drug-likeness (QED) is 0.564. The van der Waals surface area contributed by atoms with Gasteiger partial charge in [0.25, 0.3) is 5.91 Å². The van der Waals surface area contributed by atoms with Gasteiger partial charge in [-0.15, -0.1) is 0 Å². The van der Waals surface area contributed by atoms with Gasteiger partial charge in [0.05, 0.1) is 0 Å². The molecule has 0 aliphatic carbocycles. The molecule has 4 aliphatic heterocycles. The summed E-state index contributed by atoms with van der Waals surface area (Å²) in [4.78, 5) is 27.1. The predicted molar refractivity (Wildman–Crippen MR) is 54.3 cm³/mol. The summed E-state index contributed by atoms with van der Waals surface area (Å²) in [5, 5.41) is 0. The lowest BCUT2D eigenvalue weighted by atomic mass is 9.83. The van der Waals surface area contributed by atoms with Crippen LogP contribution in [0.2, 0.25) is 0 Å². The van der Waals surface area contributed by atoms with E-state index < -0.39 is 0 Å². The van der Waals surface area contributed by atoms with Gasteiger partial charge in [0.1, 0.15) is 0 Å². The number of Topliss-reactive ketones (excluding diaryl/α,β-unsaturated/α-hetero) is 1. The number of carbonyl (C=O) groups is 2. The van der Waals surface area contributed by atoms with Crippen molar-refractivity contribution in [3.63, 3.8) is 0 Å². The summed E-state index contributed by atoms with van der Waals surface area (Å²) in [6, 6.07) is 0.325. The molecule has 0 aromatic heterocycles. The lowest BCUT2D eigenvalue weighted by Crippen LogP contribution is -2.57. The van der Waals surface area contributed by atoms with Gasteiger partial charge in [-0.1, -0.05) is 0 Å². The molecule has 4 rings (SSSR count). The van der Waals surface area contributed by atoms with Gasteiger partial charge in [0.2, 0.25) is 5.78 Å². The summed E-state index contributed by atoms with van der Waals surface area (Å²) in [7, 11) is 0. The minimum Gasteiger partial charge on any atom is -0.331 e. The van der Waals surface area contributed by atoms with Crippen molar-refractivity contribution in [2.24, 2.45) is 5.92 Å². The molecular formula is C11H16N2O2. The maximum Gasteiger partial charge on any atom is 0.290 e. The highest BCUT2D eigenvalue weighted by Gasteiger charge is 2.42. The number of fused-ring (bicyclic) bond motifs is 3. The summed E-state index contributed by atoms with van der Waals surface area (Å²) < 4.78 is 0. The normalized spacial score (nSPS) is 40.3. The molecule has 4 nitrogen and oxygen atoms in total. The first-order chi connectivity index (χ1) is 7.25. The van der Waals surface area contributed by atoms with Crippen LogP contribution in [0.4, 0.5) is 0 Å². The van der Waals surface area contributed by atoms with Gasteiger partial charge in [0.15, 0.2) is 0 Å². The highest BCUT2D eigenvalue weighted by molar-refractivity contribution is 6.37. The van der Waals surface area contributed by atoms with Crippen molar-refractivity contribution in [1.29, 1.82) is 0 Å². The smallest absolute Gasteiger partial charge is 0.290 e. The van der Waals surface area contributed by atoms with Crippen LogP contribution < -0.4 is 0 Å². The molecule has 1 unspecified atom stereocenters. The Morgan fingerprint density at radius 3 is 2.27 bits per heavy atom. The predicted octanol–water partition coefficient (Wildman–Crippen LogP) is -0.118. The van der Waals surface area contributed by atoms with E-state index >= 15 is 0 Å². The average molecular weight is 208 g/mol. The van der Waals surface area contributed by atoms with Crippen molar-refractivity contribution < 1.29 is 9.59 Å². The monoisotopic (exact) mass is 208 g/mol. The molecule has 82 valence electrons. The number of ketones is 1. The Morgan fingerprint density at radius 1 is 1.07 bits per heavy atom. The number of hydrogen-bond donors (Lipinski definition) is 0. The number of hydrogen-bond acceptors (Lipinski definition) is 3. The number of rotatable bonds is 1. The van der Waals surface area contributed by atoms with E-state index in [9.17, 15) is 9.59 Å². The van der Waals surface area contributed by atoms with Crippen molar-refractivity contribution in [1.82, 2.24) is 9.80 Å². The molecule has 4 heteroatoms. The van der Waals surface area contributed by atoms with E-state index in [2.05, 4.69) is 4.90 Å². The molecule has 0 aromatic carbocycles. The lowest BCUT2D eigenvalue weighted by molar-refractivity contribution is -0.143. The first-order valence-corrected chi connectivity index (χ1v) is 5.82. The molecule has 4 heterocycles. The Hall–Kier alpha value is -0.900. The molecule has 4 aliphatic rings. The van der Waals surface area contributed by atoms with Crippen molar-refractivity contribution in [2.75, 3.05) is 26.2 Å². The molecule has 0 aromatic rings. The van der Waals surface area contributed by atoms with Gasteiger partial charge < -0.3 is 9.80 Å². The van der Waals surface area contributed by atoms with Gasteiger partial charge in [-0.2, -0.15) is 0 Å². The number of amides is 1. The summed E-state index contributed by atoms with van der Waals surface area (Å²) in [5.74, 6) is 0.227. The van der Waals surface area contributed by atoms with Gasteiger partial charge in [-0.25, -0.2) is 0 Å². The fourth-order valence-electron chi connectivity index (χ4n) is 3.19. The SMILES string of the molecule is O=C1CCN(C2CN3CCC2CC3)C1=O. The van der Waals surface area contributed by atoms with Crippen molar-refractivity contribution >= 4 is 11.7 Å². The molecule has 4 fully saturated rings. The number of likely N-dealkylation sites (tertiary alicyclic amines) is 1. The maximum absolute atomic E-state index is 11.6. The van der Waals surface area contributed by atoms with E-state index in [1.807, 2.05) is 4.90 Å². The fourth-order valence-corrected chi connectivity index (χ4v) is 3.19. The largest absolute Gasteiger partial charge is 0.331 e. The molecule has 0 spiro atoms. The lowest BCUT2D eigenvalue weighted by Gasteiger charge is -2.47. The second-order valence-electron chi connectivity index (χ2n) is 4.88. The van der Waals surface area contributed by atoms with E-state index in [1.165, 1.54) is 25.9 Å². The Morgan fingerprint density at radius 2 is 1.80 bits per heavy atom. The Kier molecular flexibility index (Phi) is 2.06. The average Bonchev–Trinajstić information content (AvgIpc) is 2.61. The van der Waals surface area contributed by atoms with Gasteiger partial charge >= 0.3 is 0 Å². The number of piperidine rings is 3. The molecule has 15 heavy (non-hydrogen) atoms.